The van der Waals surface area contributed by atoms with Gasteiger partial charge in [0, 0.05) is 0 Å². The first kappa shape index (κ1) is 7.60. The predicted molar refractivity (Wildman–Crippen MR) is 45.4 cm³/mol. The molecule has 0 aliphatic heterocycles. The van der Waals surface area contributed by atoms with Crippen LogP contribution in [-0.2, 0) is 0 Å². The van der Waals surface area contributed by atoms with E-state index in [0.29, 0.717) is 5.41 Å². The van der Waals surface area contributed by atoms with Gasteiger partial charge in [-0.3, -0.25) is 0 Å². The van der Waals surface area contributed by atoms with Crippen molar-refractivity contribution in [3.63, 3.8) is 0 Å². The Kier molecular flexibility index (Phi) is 1.92. The van der Waals surface area contributed by atoms with Crippen LogP contribution in [0.25, 0.3) is 0 Å². The van der Waals surface area contributed by atoms with Crippen molar-refractivity contribution < 1.29 is 5.11 Å². The SMILES string of the molecule is O[C@H]1CCCCC12CCCC2. The molecule has 0 saturated heterocycles. The van der Waals surface area contributed by atoms with Crippen LogP contribution in [0, 0.1) is 5.41 Å². The van der Waals surface area contributed by atoms with Crippen LogP contribution in [0.5, 0.6) is 0 Å². The first-order valence-corrected chi connectivity index (χ1v) is 5.02. The van der Waals surface area contributed by atoms with Crippen LogP contribution in [-0.4, -0.2) is 11.2 Å². The van der Waals surface area contributed by atoms with Crippen molar-refractivity contribution in [3.05, 3.63) is 0 Å². The van der Waals surface area contributed by atoms with E-state index in [-0.39, 0.29) is 6.10 Å². The summed E-state index contributed by atoms with van der Waals surface area (Å²) in [5.41, 5.74) is 0.387. The third-order valence-corrected chi connectivity index (χ3v) is 3.71. The van der Waals surface area contributed by atoms with Crippen molar-refractivity contribution in [2.75, 3.05) is 0 Å². The molecular weight excluding hydrogens is 136 g/mol. The first-order chi connectivity index (χ1) is 5.33. The van der Waals surface area contributed by atoms with Gasteiger partial charge in [0.15, 0.2) is 0 Å². The van der Waals surface area contributed by atoms with Gasteiger partial charge in [0.1, 0.15) is 0 Å². The molecule has 0 amide bonds. The molecule has 2 aliphatic carbocycles. The third kappa shape index (κ3) is 1.20. The molecule has 64 valence electrons. The molecule has 0 aromatic rings. The molecule has 1 nitrogen and oxygen atoms in total. The Balaban J connectivity index is 2.07. The van der Waals surface area contributed by atoms with Crippen LogP contribution < -0.4 is 0 Å². The molecule has 1 N–H and O–H groups in total. The van der Waals surface area contributed by atoms with Gasteiger partial charge in [0.2, 0.25) is 0 Å². The Hall–Kier alpha value is -0.0400. The number of hydrogen-bond acceptors (Lipinski definition) is 1. The summed E-state index contributed by atoms with van der Waals surface area (Å²) < 4.78 is 0. The summed E-state index contributed by atoms with van der Waals surface area (Å²) in [5.74, 6) is 0. The lowest BCUT2D eigenvalue weighted by atomic mass is 9.71. The standard InChI is InChI=1S/C10H18O/c11-9-5-1-2-6-10(9)7-3-4-8-10/h9,11H,1-8H2/t9-/m0/s1. The van der Waals surface area contributed by atoms with Crippen LogP contribution in [0.1, 0.15) is 51.4 Å². The molecule has 0 radical (unpaired) electrons. The average molecular weight is 154 g/mol. The molecule has 2 fully saturated rings. The van der Waals surface area contributed by atoms with Crippen LogP contribution >= 0.6 is 0 Å². The van der Waals surface area contributed by atoms with Gasteiger partial charge in [0.05, 0.1) is 6.10 Å². The van der Waals surface area contributed by atoms with Crippen molar-refractivity contribution in [1.82, 2.24) is 0 Å². The highest BCUT2D eigenvalue weighted by atomic mass is 16.3. The van der Waals surface area contributed by atoms with E-state index in [1.165, 1.54) is 44.9 Å². The quantitative estimate of drug-likeness (QED) is 0.568. The van der Waals surface area contributed by atoms with Crippen molar-refractivity contribution in [1.29, 1.82) is 0 Å². The number of aliphatic hydroxyl groups is 1. The van der Waals surface area contributed by atoms with Crippen molar-refractivity contribution in [2.45, 2.75) is 57.5 Å². The highest BCUT2D eigenvalue weighted by Gasteiger charge is 2.41. The van der Waals surface area contributed by atoms with Gasteiger partial charge in [0.25, 0.3) is 0 Å². The van der Waals surface area contributed by atoms with E-state index >= 15 is 0 Å². The summed E-state index contributed by atoms with van der Waals surface area (Å²) in [6.07, 6.45) is 10.3. The number of rotatable bonds is 0. The molecule has 0 aromatic heterocycles. The van der Waals surface area contributed by atoms with Gasteiger partial charge in [-0.25, -0.2) is 0 Å². The highest BCUT2D eigenvalue weighted by Crippen LogP contribution is 2.48. The molecule has 2 aliphatic rings. The van der Waals surface area contributed by atoms with E-state index in [0.717, 1.165) is 6.42 Å². The molecule has 0 unspecified atom stereocenters. The van der Waals surface area contributed by atoms with E-state index in [2.05, 4.69) is 0 Å². The molecular formula is C10H18O. The molecule has 1 spiro atoms. The second-order valence-corrected chi connectivity index (χ2v) is 4.33. The minimum absolute atomic E-state index is 0.0405. The minimum Gasteiger partial charge on any atom is -0.393 e. The average Bonchev–Trinajstić information content (AvgIpc) is 2.46. The Labute approximate surface area is 68.8 Å². The summed E-state index contributed by atoms with van der Waals surface area (Å²) in [6.45, 7) is 0. The summed E-state index contributed by atoms with van der Waals surface area (Å²) in [4.78, 5) is 0. The maximum atomic E-state index is 9.86. The van der Waals surface area contributed by atoms with Gasteiger partial charge in [-0.1, -0.05) is 25.7 Å². The van der Waals surface area contributed by atoms with E-state index in [9.17, 15) is 5.11 Å². The monoisotopic (exact) mass is 154 g/mol. The fourth-order valence-corrected chi connectivity index (χ4v) is 2.95. The van der Waals surface area contributed by atoms with Gasteiger partial charge in [-0.05, 0) is 31.1 Å². The summed E-state index contributed by atoms with van der Waals surface area (Å²) in [5, 5.41) is 9.86. The molecule has 1 atom stereocenters. The Bertz CT molecular complexity index is 136. The summed E-state index contributed by atoms with van der Waals surface area (Å²) in [6, 6.07) is 0. The first-order valence-electron chi connectivity index (χ1n) is 5.02. The fourth-order valence-electron chi connectivity index (χ4n) is 2.95. The van der Waals surface area contributed by atoms with Crippen LogP contribution in [0.2, 0.25) is 0 Å². The molecule has 11 heavy (non-hydrogen) atoms. The zero-order valence-corrected chi connectivity index (χ0v) is 7.18. The van der Waals surface area contributed by atoms with Gasteiger partial charge in [-0.2, -0.15) is 0 Å². The Morgan fingerprint density at radius 2 is 1.45 bits per heavy atom. The van der Waals surface area contributed by atoms with Crippen molar-refractivity contribution >= 4 is 0 Å². The Morgan fingerprint density at radius 3 is 2.00 bits per heavy atom. The van der Waals surface area contributed by atoms with Crippen LogP contribution in [0.15, 0.2) is 0 Å². The second kappa shape index (κ2) is 2.78. The lowest BCUT2D eigenvalue weighted by Crippen LogP contribution is -2.35. The normalized spacial score (nSPS) is 36.3. The number of aliphatic hydroxyl groups excluding tert-OH is 1. The summed E-state index contributed by atoms with van der Waals surface area (Å²) in [7, 11) is 0. The van der Waals surface area contributed by atoms with Crippen LogP contribution in [0.4, 0.5) is 0 Å². The zero-order valence-electron chi connectivity index (χ0n) is 7.18. The molecule has 0 aromatic carbocycles. The lowest BCUT2D eigenvalue weighted by molar-refractivity contribution is -0.00736. The fraction of sp³-hybridized carbons (Fsp3) is 1.00. The predicted octanol–water partition coefficient (Wildman–Crippen LogP) is 2.48. The second-order valence-electron chi connectivity index (χ2n) is 4.33. The highest BCUT2D eigenvalue weighted by molar-refractivity contribution is 4.93. The maximum absolute atomic E-state index is 9.86. The maximum Gasteiger partial charge on any atom is 0.0596 e. The topological polar surface area (TPSA) is 20.2 Å². The molecule has 2 rings (SSSR count). The van der Waals surface area contributed by atoms with E-state index in [1.54, 1.807) is 0 Å². The lowest BCUT2D eigenvalue weighted by Gasteiger charge is -2.38. The zero-order chi connectivity index (χ0) is 7.73. The van der Waals surface area contributed by atoms with Gasteiger partial charge < -0.3 is 5.11 Å². The largest absolute Gasteiger partial charge is 0.393 e. The number of hydrogen-bond donors (Lipinski definition) is 1. The molecule has 1 heteroatoms. The molecule has 0 heterocycles. The van der Waals surface area contributed by atoms with Gasteiger partial charge in [-0.15, -0.1) is 0 Å². The summed E-state index contributed by atoms with van der Waals surface area (Å²) >= 11 is 0. The van der Waals surface area contributed by atoms with E-state index in [4.69, 9.17) is 0 Å². The minimum atomic E-state index is 0.0405. The van der Waals surface area contributed by atoms with E-state index < -0.39 is 0 Å². The molecule has 0 bridgehead atoms. The molecule has 2 saturated carbocycles. The van der Waals surface area contributed by atoms with Crippen molar-refractivity contribution in [2.24, 2.45) is 5.41 Å². The smallest absolute Gasteiger partial charge is 0.0596 e. The van der Waals surface area contributed by atoms with Crippen LogP contribution in [0.3, 0.4) is 0 Å². The van der Waals surface area contributed by atoms with Crippen molar-refractivity contribution in [3.8, 4) is 0 Å². The Morgan fingerprint density at radius 1 is 0.909 bits per heavy atom. The third-order valence-electron chi connectivity index (χ3n) is 3.71. The van der Waals surface area contributed by atoms with E-state index in [1.807, 2.05) is 0 Å². The van der Waals surface area contributed by atoms with Gasteiger partial charge >= 0.3 is 0 Å².